The van der Waals surface area contributed by atoms with Gasteiger partial charge in [-0.1, -0.05) is 6.08 Å². The highest BCUT2D eigenvalue weighted by Gasteiger charge is 1.90. The molecule has 0 rings (SSSR count). The third-order valence-electron chi connectivity index (χ3n) is 0.769. The number of rotatable bonds is 5. The van der Waals surface area contributed by atoms with Gasteiger partial charge in [-0.15, -0.1) is 6.58 Å². The summed E-state index contributed by atoms with van der Waals surface area (Å²) in [6.45, 7) is 5.49. The van der Waals surface area contributed by atoms with Gasteiger partial charge in [-0.3, -0.25) is 4.79 Å². The predicted molar refractivity (Wildman–Crippen MR) is 44.2 cm³/mol. The molecule has 0 unspecified atom stereocenters. The third-order valence-corrected chi connectivity index (χ3v) is 1.70. The molecule has 0 aromatic rings. The summed E-state index contributed by atoms with van der Waals surface area (Å²) in [6, 6.07) is 0. The largest absolute Gasteiger partial charge is 0.465 e. The van der Waals surface area contributed by atoms with Crippen LogP contribution in [0.1, 0.15) is 6.92 Å². The highest BCUT2D eigenvalue weighted by molar-refractivity contribution is 7.99. The Morgan fingerprint density at radius 3 is 3.00 bits per heavy atom. The van der Waals surface area contributed by atoms with Crippen LogP contribution in [0.2, 0.25) is 0 Å². The van der Waals surface area contributed by atoms with Crippen molar-refractivity contribution in [1.82, 2.24) is 0 Å². The maximum atomic E-state index is 10.2. The number of ether oxygens (including phenoxy) is 1. The third kappa shape index (κ3) is 7.56. The first kappa shape index (κ1) is 9.56. The fraction of sp³-hybridized carbons (Fsp3) is 0.571. The zero-order valence-corrected chi connectivity index (χ0v) is 6.95. The van der Waals surface area contributed by atoms with Crippen molar-refractivity contribution in [3.8, 4) is 0 Å². The van der Waals surface area contributed by atoms with E-state index >= 15 is 0 Å². The summed E-state index contributed by atoms with van der Waals surface area (Å²) in [5, 5.41) is 0. The van der Waals surface area contributed by atoms with Crippen molar-refractivity contribution >= 4 is 17.7 Å². The lowest BCUT2D eigenvalue weighted by Gasteiger charge is -1.98. The second kappa shape index (κ2) is 6.68. The molecule has 0 aromatic carbocycles. The summed E-state index contributed by atoms with van der Waals surface area (Å²) in [5.41, 5.74) is 0. The van der Waals surface area contributed by atoms with Crippen LogP contribution in [0.25, 0.3) is 0 Å². The topological polar surface area (TPSA) is 26.3 Å². The van der Waals surface area contributed by atoms with Gasteiger partial charge in [0.2, 0.25) is 0 Å². The minimum atomic E-state index is -0.209. The van der Waals surface area contributed by atoms with E-state index < -0.39 is 0 Å². The van der Waals surface area contributed by atoms with Crippen molar-refractivity contribution in [3.05, 3.63) is 12.7 Å². The number of carbonyl (C=O) groups excluding carboxylic acids is 1. The van der Waals surface area contributed by atoms with Crippen LogP contribution >= 0.6 is 11.8 Å². The van der Waals surface area contributed by atoms with Crippen LogP contribution < -0.4 is 0 Å². The molecule has 0 radical (unpaired) electrons. The first-order chi connectivity index (χ1) is 4.77. The zero-order chi connectivity index (χ0) is 7.82. The van der Waals surface area contributed by atoms with Gasteiger partial charge in [0.15, 0.2) is 0 Å². The number of hydrogen-bond acceptors (Lipinski definition) is 3. The molecule has 0 bridgehead atoms. The number of esters is 1. The fourth-order valence-electron chi connectivity index (χ4n) is 0.411. The van der Waals surface area contributed by atoms with E-state index in [1.165, 1.54) is 6.92 Å². The molecule has 0 N–H and O–H groups in total. The molecule has 0 fully saturated rings. The van der Waals surface area contributed by atoms with Gasteiger partial charge in [-0.05, 0) is 0 Å². The van der Waals surface area contributed by atoms with Gasteiger partial charge in [0, 0.05) is 18.4 Å². The Balaban J connectivity index is 2.90. The number of carbonyl (C=O) groups is 1. The molecule has 0 saturated carbocycles. The fourth-order valence-corrected chi connectivity index (χ4v) is 0.946. The van der Waals surface area contributed by atoms with E-state index in [0.717, 1.165) is 11.5 Å². The Morgan fingerprint density at radius 2 is 2.50 bits per heavy atom. The molecule has 10 heavy (non-hydrogen) atoms. The summed E-state index contributed by atoms with van der Waals surface area (Å²) in [4.78, 5) is 10.2. The van der Waals surface area contributed by atoms with Gasteiger partial charge in [-0.25, -0.2) is 0 Å². The second-order valence-electron chi connectivity index (χ2n) is 1.70. The van der Waals surface area contributed by atoms with E-state index in [1.807, 2.05) is 6.08 Å². The molecule has 0 aliphatic heterocycles. The van der Waals surface area contributed by atoms with Crippen molar-refractivity contribution in [3.63, 3.8) is 0 Å². The molecule has 3 heteroatoms. The van der Waals surface area contributed by atoms with Crippen LogP contribution in [-0.4, -0.2) is 24.1 Å². The Kier molecular flexibility index (Phi) is 6.38. The highest BCUT2D eigenvalue weighted by Crippen LogP contribution is 1.98. The summed E-state index contributed by atoms with van der Waals surface area (Å²) >= 11 is 1.70. The van der Waals surface area contributed by atoms with Crippen molar-refractivity contribution in [2.45, 2.75) is 6.92 Å². The van der Waals surface area contributed by atoms with Crippen LogP contribution in [-0.2, 0) is 9.53 Å². The molecule has 0 aliphatic rings. The van der Waals surface area contributed by atoms with Gasteiger partial charge in [0.1, 0.15) is 6.61 Å². The Morgan fingerprint density at radius 1 is 1.80 bits per heavy atom. The SMILES string of the molecule is C=CCSCCOC(C)=O. The van der Waals surface area contributed by atoms with Crippen molar-refractivity contribution < 1.29 is 9.53 Å². The highest BCUT2D eigenvalue weighted by atomic mass is 32.2. The molecular weight excluding hydrogens is 148 g/mol. The summed E-state index contributed by atoms with van der Waals surface area (Å²) in [5.74, 6) is 1.56. The molecular formula is C7H12O2S. The normalized spacial score (nSPS) is 8.90. The monoisotopic (exact) mass is 160 g/mol. The number of thioether (sulfide) groups is 1. The van der Waals surface area contributed by atoms with E-state index in [-0.39, 0.29) is 5.97 Å². The van der Waals surface area contributed by atoms with Crippen molar-refractivity contribution in [1.29, 1.82) is 0 Å². The van der Waals surface area contributed by atoms with Crippen LogP contribution in [0.15, 0.2) is 12.7 Å². The van der Waals surface area contributed by atoms with Crippen molar-refractivity contribution in [2.75, 3.05) is 18.1 Å². The molecule has 0 atom stereocenters. The maximum absolute atomic E-state index is 10.2. The smallest absolute Gasteiger partial charge is 0.302 e. The molecule has 2 nitrogen and oxygen atoms in total. The standard InChI is InChI=1S/C7H12O2S/c1-3-5-10-6-4-9-7(2)8/h3H,1,4-6H2,2H3. The lowest BCUT2D eigenvalue weighted by molar-refractivity contribution is -0.140. The van der Waals surface area contributed by atoms with Crippen LogP contribution in [0.4, 0.5) is 0 Å². The van der Waals surface area contributed by atoms with Gasteiger partial charge in [0.25, 0.3) is 0 Å². The second-order valence-corrected chi connectivity index (χ2v) is 2.85. The molecule has 58 valence electrons. The molecule has 0 saturated heterocycles. The number of hydrogen-bond donors (Lipinski definition) is 0. The van der Waals surface area contributed by atoms with Crippen molar-refractivity contribution in [2.24, 2.45) is 0 Å². The first-order valence-electron chi connectivity index (χ1n) is 3.09. The average molecular weight is 160 g/mol. The predicted octanol–water partition coefficient (Wildman–Crippen LogP) is 1.47. The quantitative estimate of drug-likeness (QED) is 0.346. The molecule has 0 aliphatic carbocycles. The van der Waals surface area contributed by atoms with Crippen LogP contribution in [0.5, 0.6) is 0 Å². The van der Waals surface area contributed by atoms with Gasteiger partial charge >= 0.3 is 5.97 Å². The Hall–Kier alpha value is -0.440. The molecule has 0 heterocycles. The van der Waals surface area contributed by atoms with E-state index in [2.05, 4.69) is 6.58 Å². The van der Waals surface area contributed by atoms with Gasteiger partial charge in [0.05, 0.1) is 0 Å². The summed E-state index contributed by atoms with van der Waals surface area (Å²) < 4.78 is 4.69. The first-order valence-corrected chi connectivity index (χ1v) is 4.25. The van der Waals surface area contributed by atoms with E-state index in [4.69, 9.17) is 4.74 Å². The van der Waals surface area contributed by atoms with E-state index in [1.54, 1.807) is 11.8 Å². The maximum Gasteiger partial charge on any atom is 0.302 e. The van der Waals surface area contributed by atoms with Gasteiger partial charge < -0.3 is 4.74 Å². The lowest BCUT2D eigenvalue weighted by Crippen LogP contribution is -2.02. The molecule has 0 aromatic heterocycles. The molecule has 0 spiro atoms. The Bertz CT molecular complexity index is 112. The zero-order valence-electron chi connectivity index (χ0n) is 6.13. The lowest BCUT2D eigenvalue weighted by atomic mass is 10.8. The van der Waals surface area contributed by atoms with Crippen LogP contribution in [0.3, 0.4) is 0 Å². The average Bonchev–Trinajstić information content (AvgIpc) is 1.87. The van der Waals surface area contributed by atoms with Crippen LogP contribution in [0, 0.1) is 0 Å². The molecule has 0 amide bonds. The van der Waals surface area contributed by atoms with E-state index in [0.29, 0.717) is 6.61 Å². The summed E-state index contributed by atoms with van der Waals surface area (Å²) in [7, 11) is 0. The van der Waals surface area contributed by atoms with Gasteiger partial charge in [-0.2, -0.15) is 11.8 Å². The minimum Gasteiger partial charge on any atom is -0.465 e. The Labute approximate surface area is 65.6 Å². The summed E-state index contributed by atoms with van der Waals surface area (Å²) in [6.07, 6.45) is 1.83. The van der Waals surface area contributed by atoms with E-state index in [9.17, 15) is 4.79 Å². The minimum absolute atomic E-state index is 0.209.